The number of likely N-dealkylation sites (tertiary alicyclic amines) is 1. The first-order valence-corrected chi connectivity index (χ1v) is 9.15. The Morgan fingerprint density at radius 2 is 1.79 bits per heavy atom. The summed E-state index contributed by atoms with van der Waals surface area (Å²) in [5.41, 5.74) is 1.35. The molecule has 24 heavy (non-hydrogen) atoms. The number of benzene rings is 1. The first-order valence-electron chi connectivity index (χ1n) is 9.15. The molecule has 2 fully saturated rings. The fraction of sp³-hybridized carbons (Fsp3) is 0.579. The molecule has 2 aliphatic heterocycles. The van der Waals surface area contributed by atoms with Gasteiger partial charge >= 0.3 is 6.03 Å². The second-order valence-corrected chi connectivity index (χ2v) is 7.25. The summed E-state index contributed by atoms with van der Waals surface area (Å²) in [5.74, 6) is -0.0626. The highest BCUT2D eigenvalue weighted by molar-refractivity contribution is 6.07. The van der Waals surface area contributed by atoms with Gasteiger partial charge in [0, 0.05) is 0 Å². The third-order valence-electron chi connectivity index (χ3n) is 5.69. The summed E-state index contributed by atoms with van der Waals surface area (Å²) in [6, 6.07) is 7.86. The largest absolute Gasteiger partial charge is 0.326 e. The van der Waals surface area contributed by atoms with E-state index < -0.39 is 5.54 Å². The number of carbonyl (C=O) groups excluding carboxylic acids is 2. The summed E-state index contributed by atoms with van der Waals surface area (Å²) >= 11 is 0. The van der Waals surface area contributed by atoms with E-state index in [1.54, 1.807) is 0 Å². The van der Waals surface area contributed by atoms with Gasteiger partial charge in [-0.1, -0.05) is 30.7 Å². The molecule has 3 amide bonds. The number of hydrogen-bond acceptors (Lipinski definition) is 3. The topological polar surface area (TPSA) is 52.7 Å². The maximum atomic E-state index is 13.3. The predicted octanol–water partition coefficient (Wildman–Crippen LogP) is 2.60. The average molecular weight is 327 g/mol. The maximum Gasteiger partial charge on any atom is 0.326 e. The first kappa shape index (κ1) is 15.6. The lowest BCUT2D eigenvalue weighted by Crippen LogP contribution is -2.46. The van der Waals surface area contributed by atoms with E-state index in [-0.39, 0.29) is 11.9 Å². The molecule has 0 radical (unpaired) electrons. The number of carbonyl (C=O) groups is 2. The van der Waals surface area contributed by atoms with E-state index in [1.807, 2.05) is 18.2 Å². The average Bonchev–Trinajstić information content (AvgIpc) is 2.76. The van der Waals surface area contributed by atoms with Gasteiger partial charge in [0.15, 0.2) is 0 Å². The van der Waals surface area contributed by atoms with Crippen LogP contribution in [0.1, 0.15) is 49.7 Å². The monoisotopic (exact) mass is 327 g/mol. The van der Waals surface area contributed by atoms with Crippen molar-refractivity contribution >= 4 is 11.9 Å². The number of nitrogens with zero attached hydrogens (tertiary/aromatic N) is 2. The number of urea groups is 1. The van der Waals surface area contributed by atoms with Crippen LogP contribution in [0.25, 0.3) is 0 Å². The molecule has 0 bridgehead atoms. The van der Waals surface area contributed by atoms with Crippen LogP contribution in [-0.2, 0) is 16.8 Å². The minimum absolute atomic E-state index is 0.0626. The second kappa shape index (κ2) is 6.20. The third-order valence-corrected chi connectivity index (χ3v) is 5.69. The summed E-state index contributed by atoms with van der Waals surface area (Å²) < 4.78 is 0. The molecule has 0 unspecified atom stereocenters. The van der Waals surface area contributed by atoms with Gasteiger partial charge in [-0.25, -0.2) is 9.69 Å². The summed E-state index contributed by atoms with van der Waals surface area (Å²) in [4.78, 5) is 29.6. The molecule has 2 saturated heterocycles. The van der Waals surface area contributed by atoms with Crippen LogP contribution < -0.4 is 5.32 Å². The number of rotatable bonds is 2. The smallest absolute Gasteiger partial charge is 0.319 e. The van der Waals surface area contributed by atoms with Gasteiger partial charge < -0.3 is 5.32 Å². The Morgan fingerprint density at radius 3 is 2.62 bits per heavy atom. The Morgan fingerprint density at radius 1 is 1.00 bits per heavy atom. The highest BCUT2D eigenvalue weighted by Gasteiger charge is 2.53. The number of nitrogens with one attached hydrogen (secondary N) is 1. The molecule has 2 heterocycles. The van der Waals surface area contributed by atoms with Gasteiger partial charge in [-0.2, -0.15) is 0 Å². The van der Waals surface area contributed by atoms with E-state index in [9.17, 15) is 9.59 Å². The van der Waals surface area contributed by atoms with E-state index in [1.165, 1.54) is 16.9 Å². The third kappa shape index (κ3) is 2.51. The van der Waals surface area contributed by atoms with E-state index in [2.05, 4.69) is 16.3 Å². The number of piperidine rings is 1. The molecular formula is C19H25N3O2. The van der Waals surface area contributed by atoms with Crippen molar-refractivity contribution in [3.63, 3.8) is 0 Å². The molecule has 1 aromatic rings. The summed E-state index contributed by atoms with van der Waals surface area (Å²) in [6.45, 7) is 2.37. The highest BCUT2D eigenvalue weighted by atomic mass is 16.2. The Kier molecular flexibility index (Phi) is 4.04. The van der Waals surface area contributed by atoms with Crippen LogP contribution in [0, 0.1) is 0 Å². The van der Waals surface area contributed by atoms with Crippen molar-refractivity contribution in [3.8, 4) is 0 Å². The van der Waals surface area contributed by atoms with Crippen molar-refractivity contribution in [1.82, 2.24) is 15.1 Å². The molecule has 1 aromatic carbocycles. The van der Waals surface area contributed by atoms with Gasteiger partial charge in [0.05, 0.1) is 6.67 Å². The van der Waals surface area contributed by atoms with Crippen LogP contribution in [0.3, 0.4) is 0 Å². The summed E-state index contributed by atoms with van der Waals surface area (Å²) in [7, 11) is 0. The standard InChI is InChI=1S/C19H25N3O2/c23-17-19(11-5-4-9-15-8-2-3-10-16(15)19)20-18(24)22(17)14-21-12-6-1-7-13-21/h2-3,8,10H,1,4-7,9,11-14H2,(H,20,24)/t19-/m1/s1. The Balaban J connectivity index is 1.64. The number of imide groups is 1. The van der Waals surface area contributed by atoms with Gasteiger partial charge in [0.2, 0.25) is 0 Å². The molecule has 3 aliphatic rings. The normalized spacial score (nSPS) is 27.9. The lowest BCUT2D eigenvalue weighted by molar-refractivity contribution is -0.133. The molecule has 1 aliphatic carbocycles. The number of fused-ring (bicyclic) bond motifs is 2. The number of amides is 3. The van der Waals surface area contributed by atoms with E-state index in [4.69, 9.17) is 0 Å². The zero-order valence-electron chi connectivity index (χ0n) is 14.1. The van der Waals surface area contributed by atoms with Gasteiger partial charge in [0.1, 0.15) is 5.54 Å². The summed E-state index contributed by atoms with van der Waals surface area (Å²) in [6.07, 6.45) is 7.24. The van der Waals surface area contributed by atoms with Crippen LogP contribution in [0.5, 0.6) is 0 Å². The number of hydrogen-bond donors (Lipinski definition) is 1. The van der Waals surface area contributed by atoms with Gasteiger partial charge in [-0.15, -0.1) is 0 Å². The Bertz CT molecular complexity index is 654. The molecule has 1 spiro atoms. The fourth-order valence-electron chi connectivity index (χ4n) is 4.40. The Hall–Kier alpha value is -1.88. The van der Waals surface area contributed by atoms with E-state index >= 15 is 0 Å². The van der Waals surface area contributed by atoms with Crippen LogP contribution in [0.2, 0.25) is 0 Å². The molecule has 5 nitrogen and oxygen atoms in total. The zero-order valence-corrected chi connectivity index (χ0v) is 14.1. The van der Waals surface area contributed by atoms with Crippen LogP contribution in [-0.4, -0.2) is 41.5 Å². The molecule has 5 heteroatoms. The highest BCUT2D eigenvalue weighted by Crippen LogP contribution is 2.39. The van der Waals surface area contributed by atoms with Crippen molar-refractivity contribution in [2.45, 2.75) is 50.5 Å². The van der Waals surface area contributed by atoms with Gasteiger partial charge in [-0.3, -0.25) is 9.69 Å². The van der Waals surface area contributed by atoms with Crippen molar-refractivity contribution in [2.24, 2.45) is 0 Å². The molecule has 1 atom stereocenters. The predicted molar refractivity (Wildman–Crippen MR) is 91.3 cm³/mol. The lowest BCUT2D eigenvalue weighted by atomic mass is 9.84. The summed E-state index contributed by atoms with van der Waals surface area (Å²) in [5, 5.41) is 3.07. The minimum Gasteiger partial charge on any atom is -0.319 e. The van der Waals surface area contributed by atoms with Crippen LogP contribution in [0.4, 0.5) is 4.79 Å². The molecule has 128 valence electrons. The molecular weight excluding hydrogens is 302 g/mol. The lowest BCUT2D eigenvalue weighted by Gasteiger charge is -2.31. The van der Waals surface area contributed by atoms with E-state index in [0.29, 0.717) is 13.1 Å². The van der Waals surface area contributed by atoms with E-state index in [0.717, 1.165) is 50.8 Å². The number of aryl methyl sites for hydroxylation is 1. The quantitative estimate of drug-likeness (QED) is 0.850. The fourth-order valence-corrected chi connectivity index (χ4v) is 4.40. The van der Waals surface area contributed by atoms with Crippen molar-refractivity contribution in [3.05, 3.63) is 35.4 Å². The van der Waals surface area contributed by atoms with Crippen LogP contribution >= 0.6 is 0 Å². The van der Waals surface area contributed by atoms with Crippen molar-refractivity contribution in [1.29, 1.82) is 0 Å². The molecule has 4 rings (SSSR count). The van der Waals surface area contributed by atoms with Crippen LogP contribution in [0.15, 0.2) is 24.3 Å². The molecule has 0 saturated carbocycles. The minimum atomic E-state index is -0.847. The van der Waals surface area contributed by atoms with Gasteiger partial charge in [0.25, 0.3) is 5.91 Å². The van der Waals surface area contributed by atoms with Gasteiger partial charge in [-0.05, 0) is 62.7 Å². The van der Waals surface area contributed by atoms with Crippen molar-refractivity contribution < 1.29 is 9.59 Å². The Labute approximate surface area is 143 Å². The molecule has 0 aromatic heterocycles. The maximum absolute atomic E-state index is 13.3. The zero-order chi connectivity index (χ0) is 16.6. The second-order valence-electron chi connectivity index (χ2n) is 7.25. The van der Waals surface area contributed by atoms with Crippen molar-refractivity contribution in [2.75, 3.05) is 19.8 Å². The SMILES string of the molecule is O=C1N[C@@]2(CCCCc3ccccc32)C(=O)N1CN1CCCCC1. The molecule has 1 N–H and O–H groups in total. The first-order chi connectivity index (χ1) is 11.7.